The summed E-state index contributed by atoms with van der Waals surface area (Å²) in [6.45, 7) is 2.00. The molecule has 3 aromatic rings. The van der Waals surface area contributed by atoms with Crippen LogP contribution in [0.1, 0.15) is 21.6 Å². The van der Waals surface area contributed by atoms with E-state index in [9.17, 15) is 4.79 Å². The van der Waals surface area contributed by atoms with Gasteiger partial charge in [0, 0.05) is 23.5 Å². The number of nitrogens with zero attached hydrogens (tertiary/aromatic N) is 2. The molecule has 0 saturated heterocycles. The third-order valence-electron chi connectivity index (χ3n) is 2.98. The number of benzene rings is 1. The van der Waals surface area contributed by atoms with Gasteiger partial charge in [0.15, 0.2) is 4.96 Å². The molecule has 2 heterocycles. The zero-order chi connectivity index (χ0) is 14.1. The topological polar surface area (TPSA) is 69.6 Å². The molecule has 2 N–H and O–H groups in total. The molecule has 0 aliphatic heterocycles. The molecular weight excluding hydrogens is 274 g/mol. The van der Waals surface area contributed by atoms with Crippen molar-refractivity contribution in [2.75, 3.05) is 5.73 Å². The summed E-state index contributed by atoms with van der Waals surface area (Å²) in [5, 5.41) is 1.95. The lowest BCUT2D eigenvalue weighted by atomic mass is 10.1. The molecule has 0 bridgehead atoms. The van der Waals surface area contributed by atoms with E-state index in [4.69, 9.17) is 10.5 Å². The van der Waals surface area contributed by atoms with Gasteiger partial charge in [0.2, 0.25) is 0 Å². The zero-order valence-electron chi connectivity index (χ0n) is 10.9. The molecule has 6 heteroatoms. The van der Waals surface area contributed by atoms with Gasteiger partial charge < -0.3 is 10.5 Å². The molecule has 3 rings (SSSR count). The van der Waals surface area contributed by atoms with Crippen LogP contribution < -0.4 is 5.73 Å². The van der Waals surface area contributed by atoms with Gasteiger partial charge in [-0.2, -0.15) is 0 Å². The summed E-state index contributed by atoms with van der Waals surface area (Å²) in [6.07, 6.45) is 3.77. The van der Waals surface area contributed by atoms with Crippen molar-refractivity contribution in [2.45, 2.75) is 13.5 Å². The summed E-state index contributed by atoms with van der Waals surface area (Å²) in [7, 11) is 0. The van der Waals surface area contributed by atoms with Crippen molar-refractivity contribution in [3.63, 3.8) is 0 Å². The number of fused-ring (bicyclic) bond motifs is 1. The monoisotopic (exact) mass is 287 g/mol. The Kier molecular flexibility index (Phi) is 3.15. The highest BCUT2D eigenvalue weighted by molar-refractivity contribution is 7.15. The lowest BCUT2D eigenvalue weighted by molar-refractivity contribution is 0.0467. The Morgan fingerprint density at radius 2 is 2.35 bits per heavy atom. The van der Waals surface area contributed by atoms with Crippen LogP contribution in [-0.2, 0) is 11.3 Å². The fraction of sp³-hybridized carbons (Fsp3) is 0.143. The second-order valence-corrected chi connectivity index (χ2v) is 5.35. The van der Waals surface area contributed by atoms with E-state index in [1.54, 1.807) is 18.2 Å². The van der Waals surface area contributed by atoms with Gasteiger partial charge in [-0.15, -0.1) is 11.3 Å². The summed E-state index contributed by atoms with van der Waals surface area (Å²) in [5.74, 6) is -0.383. The molecule has 0 atom stereocenters. The first-order chi connectivity index (χ1) is 9.63. The van der Waals surface area contributed by atoms with Crippen LogP contribution in [0.3, 0.4) is 0 Å². The minimum atomic E-state index is -0.383. The number of imidazole rings is 1. The first-order valence-electron chi connectivity index (χ1n) is 6.08. The number of aromatic nitrogens is 2. The van der Waals surface area contributed by atoms with Crippen molar-refractivity contribution in [2.24, 2.45) is 0 Å². The highest BCUT2D eigenvalue weighted by Crippen LogP contribution is 2.16. The Morgan fingerprint density at radius 1 is 1.50 bits per heavy atom. The molecule has 0 radical (unpaired) electrons. The third kappa shape index (κ3) is 2.37. The molecule has 5 nitrogen and oxygen atoms in total. The van der Waals surface area contributed by atoms with Crippen LogP contribution in [0.2, 0.25) is 0 Å². The molecule has 0 fully saturated rings. The van der Waals surface area contributed by atoms with E-state index in [0.29, 0.717) is 11.3 Å². The van der Waals surface area contributed by atoms with Crippen LogP contribution in [0.15, 0.2) is 36.0 Å². The molecule has 1 aromatic carbocycles. The Hall–Kier alpha value is -2.34. The number of carbonyl (C=O) groups is 1. The van der Waals surface area contributed by atoms with Gasteiger partial charge in [-0.3, -0.25) is 4.40 Å². The van der Waals surface area contributed by atoms with Gasteiger partial charge >= 0.3 is 5.97 Å². The molecule has 0 aliphatic carbocycles. The van der Waals surface area contributed by atoms with Gasteiger partial charge in [-0.25, -0.2) is 9.78 Å². The average Bonchev–Trinajstić information content (AvgIpc) is 2.99. The lowest BCUT2D eigenvalue weighted by Gasteiger charge is -2.06. The molecule has 102 valence electrons. The average molecular weight is 287 g/mol. The summed E-state index contributed by atoms with van der Waals surface area (Å²) >= 11 is 1.54. The van der Waals surface area contributed by atoms with Crippen LogP contribution in [0.5, 0.6) is 0 Å². The largest absolute Gasteiger partial charge is 0.456 e. The number of nitrogen functional groups attached to an aromatic ring is 1. The molecule has 2 aromatic heterocycles. The van der Waals surface area contributed by atoms with Crippen LogP contribution in [-0.4, -0.2) is 15.4 Å². The molecule has 0 unspecified atom stereocenters. The number of rotatable bonds is 3. The quantitative estimate of drug-likeness (QED) is 0.594. The summed E-state index contributed by atoms with van der Waals surface area (Å²) in [5.41, 5.74) is 8.30. The van der Waals surface area contributed by atoms with Crippen LogP contribution in [0.4, 0.5) is 5.69 Å². The Balaban J connectivity index is 1.73. The van der Waals surface area contributed by atoms with Crippen LogP contribution in [0.25, 0.3) is 4.96 Å². The first-order valence-corrected chi connectivity index (χ1v) is 6.96. The molecule has 0 aliphatic rings. The Bertz CT molecular complexity index is 747. The fourth-order valence-electron chi connectivity index (χ4n) is 1.92. The van der Waals surface area contributed by atoms with Crippen molar-refractivity contribution in [1.82, 2.24) is 9.38 Å². The lowest BCUT2D eigenvalue weighted by Crippen LogP contribution is -2.08. The summed E-state index contributed by atoms with van der Waals surface area (Å²) in [6, 6.07) is 5.19. The molecule has 0 amide bonds. The van der Waals surface area contributed by atoms with Crippen molar-refractivity contribution in [3.05, 3.63) is 52.8 Å². The standard InChI is InChI=1S/C14H13N3O2S/c1-9-2-3-10(15)6-12(9)13(18)19-8-11-7-17-4-5-20-14(17)16-11/h2-7H,8,15H2,1H3. The van der Waals surface area contributed by atoms with Gasteiger partial charge in [0.1, 0.15) is 6.61 Å². The SMILES string of the molecule is Cc1ccc(N)cc1C(=O)OCc1cn2ccsc2n1. The number of carbonyl (C=O) groups excluding carboxylic acids is 1. The number of esters is 1. The number of anilines is 1. The maximum atomic E-state index is 12.0. The number of hydrogen-bond acceptors (Lipinski definition) is 5. The molecule has 0 spiro atoms. The predicted molar refractivity (Wildman–Crippen MR) is 77.8 cm³/mol. The number of ether oxygens (including phenoxy) is 1. The van der Waals surface area contributed by atoms with Gasteiger partial charge in [0.25, 0.3) is 0 Å². The Labute approximate surface area is 119 Å². The van der Waals surface area contributed by atoms with Gasteiger partial charge in [-0.05, 0) is 24.6 Å². The van der Waals surface area contributed by atoms with Crippen LogP contribution >= 0.6 is 11.3 Å². The third-order valence-corrected chi connectivity index (χ3v) is 3.75. The number of aryl methyl sites for hydroxylation is 1. The van der Waals surface area contributed by atoms with Crippen LogP contribution in [0, 0.1) is 6.92 Å². The van der Waals surface area contributed by atoms with Gasteiger partial charge in [-0.1, -0.05) is 6.07 Å². The maximum absolute atomic E-state index is 12.0. The van der Waals surface area contributed by atoms with E-state index >= 15 is 0 Å². The number of nitrogens with two attached hydrogens (primary N) is 1. The minimum absolute atomic E-state index is 0.154. The minimum Gasteiger partial charge on any atom is -0.456 e. The van der Waals surface area contributed by atoms with Crippen molar-refractivity contribution < 1.29 is 9.53 Å². The van der Waals surface area contributed by atoms with Gasteiger partial charge in [0.05, 0.1) is 11.3 Å². The second kappa shape index (κ2) is 4.97. The van der Waals surface area contributed by atoms with E-state index in [1.165, 1.54) is 11.3 Å². The van der Waals surface area contributed by atoms with Crippen molar-refractivity contribution in [1.29, 1.82) is 0 Å². The fourth-order valence-corrected chi connectivity index (χ4v) is 2.64. The summed E-state index contributed by atoms with van der Waals surface area (Å²) in [4.78, 5) is 17.3. The van der Waals surface area contributed by atoms with E-state index in [0.717, 1.165) is 16.2 Å². The van der Waals surface area contributed by atoms with Crippen molar-refractivity contribution in [3.8, 4) is 0 Å². The maximum Gasteiger partial charge on any atom is 0.338 e. The van der Waals surface area contributed by atoms with E-state index in [2.05, 4.69) is 4.98 Å². The van der Waals surface area contributed by atoms with Crippen molar-refractivity contribution >= 4 is 28.0 Å². The smallest absolute Gasteiger partial charge is 0.338 e. The zero-order valence-corrected chi connectivity index (χ0v) is 11.7. The highest BCUT2D eigenvalue weighted by Gasteiger charge is 2.12. The Morgan fingerprint density at radius 3 is 3.15 bits per heavy atom. The summed E-state index contributed by atoms with van der Waals surface area (Å²) < 4.78 is 7.19. The van der Waals surface area contributed by atoms with E-state index < -0.39 is 0 Å². The molecule has 0 saturated carbocycles. The van der Waals surface area contributed by atoms with E-state index in [1.807, 2.05) is 29.1 Å². The predicted octanol–water partition coefficient (Wildman–Crippen LogP) is 2.64. The number of hydrogen-bond donors (Lipinski definition) is 1. The first kappa shape index (κ1) is 12.7. The highest BCUT2D eigenvalue weighted by atomic mass is 32.1. The normalized spacial score (nSPS) is 10.8. The number of thiazole rings is 1. The molecular formula is C14H13N3O2S. The second-order valence-electron chi connectivity index (χ2n) is 4.48. The molecule has 20 heavy (non-hydrogen) atoms. The van der Waals surface area contributed by atoms with E-state index in [-0.39, 0.29) is 12.6 Å².